The fraction of sp³-hybridized carbons (Fsp3) is 0.500. The highest BCUT2D eigenvalue weighted by molar-refractivity contribution is 5.74. The lowest BCUT2D eigenvalue weighted by molar-refractivity contribution is -0.318. The third kappa shape index (κ3) is 14.7. The highest BCUT2D eigenvalue weighted by Crippen LogP contribution is 2.16. The molecule has 0 fully saturated rings. The second-order valence-corrected chi connectivity index (χ2v) is 11.5. The predicted molar refractivity (Wildman–Crippen MR) is 163 cm³/mol. The van der Waals surface area contributed by atoms with Crippen LogP contribution in [-0.2, 0) is 46.7 Å². The van der Waals surface area contributed by atoms with Gasteiger partial charge in [0, 0.05) is 39.3 Å². The minimum Gasteiger partial charge on any atom is -0.549 e. The third-order valence-corrected chi connectivity index (χ3v) is 8.03. The zero-order valence-electron chi connectivity index (χ0n) is 27.6. The lowest BCUT2D eigenvalue weighted by atomic mass is 9.97. The Balaban J connectivity index is 2.28. The molecule has 0 spiro atoms. The van der Waals surface area contributed by atoms with Crippen LogP contribution in [-0.4, -0.2) is 115 Å². The number of carbonyl (C=O) groups is 5. The molecule has 0 amide bonds. The van der Waals surface area contributed by atoms with Crippen LogP contribution in [0, 0.1) is 5.92 Å². The van der Waals surface area contributed by atoms with E-state index in [0.29, 0.717) is 6.42 Å². The number of rotatable bonds is 26. The molecule has 0 aliphatic heterocycles. The molecule has 2 rings (SSSR count). The first-order valence-electron chi connectivity index (χ1n) is 15.8. The number of carboxylic acid groups (broad SMARTS) is 5. The number of carboxylic acids is 5. The quantitative estimate of drug-likeness (QED) is 0.0906. The van der Waals surface area contributed by atoms with E-state index in [0.717, 1.165) is 20.9 Å². The van der Waals surface area contributed by atoms with E-state index in [9.17, 15) is 49.5 Å². The fourth-order valence-electron chi connectivity index (χ4n) is 5.26. The van der Waals surface area contributed by atoms with Gasteiger partial charge in [0.1, 0.15) is 0 Å². The number of benzene rings is 2. The Hall–Kier alpha value is -4.41. The summed E-state index contributed by atoms with van der Waals surface area (Å²) in [7, 11) is 0. The smallest absolute Gasteiger partial charge is 0.0734 e. The van der Waals surface area contributed by atoms with Crippen molar-refractivity contribution in [3.8, 4) is 0 Å². The highest BCUT2D eigenvalue weighted by Gasteiger charge is 2.29. The van der Waals surface area contributed by atoms with Crippen LogP contribution in [0.4, 0.5) is 0 Å². The number of hydrogen-bond donors (Lipinski definition) is 0. The Labute approximate surface area is 285 Å². The maximum Gasteiger partial charge on any atom is 0.0734 e. The van der Waals surface area contributed by atoms with Crippen LogP contribution in [0.3, 0.4) is 0 Å². The van der Waals surface area contributed by atoms with Crippen molar-refractivity contribution < 1.29 is 59.0 Å². The van der Waals surface area contributed by atoms with Gasteiger partial charge in [-0.25, -0.2) is 0 Å². The molecule has 0 bridgehead atoms. The average Bonchev–Trinajstić information content (AvgIpc) is 3.05. The molecule has 270 valence electrons. The second kappa shape index (κ2) is 21.5. The maximum absolute atomic E-state index is 12.4. The normalized spacial score (nSPS) is 14.0. The van der Waals surface area contributed by atoms with Gasteiger partial charge in [0.25, 0.3) is 0 Å². The zero-order chi connectivity index (χ0) is 36.3. The summed E-state index contributed by atoms with van der Waals surface area (Å²) >= 11 is 0. The van der Waals surface area contributed by atoms with Crippen LogP contribution in [0.25, 0.3) is 0 Å². The lowest BCUT2D eigenvalue weighted by Crippen LogP contribution is -2.59. The van der Waals surface area contributed by atoms with Crippen molar-refractivity contribution in [1.82, 2.24) is 14.7 Å². The Bertz CT molecular complexity index is 1240. The Kier molecular flexibility index (Phi) is 17.9. The minimum atomic E-state index is -1.63. The molecule has 0 radical (unpaired) electrons. The molecular weight excluding hydrogens is 642 g/mol. The first-order valence-corrected chi connectivity index (χ1v) is 15.8. The summed E-state index contributed by atoms with van der Waals surface area (Å²) in [5.74, 6) is -8.50. The molecule has 0 saturated heterocycles. The maximum atomic E-state index is 12.4. The first kappa shape index (κ1) is 40.8. The molecule has 0 N–H and O–H groups in total. The number of carbonyl (C=O) groups excluding carboxylic acids is 5. The number of ether oxygens (including phenoxy) is 2. The van der Waals surface area contributed by atoms with Gasteiger partial charge >= 0.3 is 0 Å². The van der Waals surface area contributed by atoms with E-state index in [-0.39, 0.29) is 39.4 Å². The van der Waals surface area contributed by atoms with Crippen molar-refractivity contribution in [2.75, 3.05) is 52.5 Å². The number of nitrogens with zero attached hydrogens (tertiary/aromatic N) is 3. The molecule has 2 aromatic rings. The molecule has 49 heavy (non-hydrogen) atoms. The molecule has 2 aromatic carbocycles. The van der Waals surface area contributed by atoms with Gasteiger partial charge in [-0.1, -0.05) is 80.9 Å². The third-order valence-electron chi connectivity index (χ3n) is 8.03. The van der Waals surface area contributed by atoms with Crippen molar-refractivity contribution >= 4 is 29.8 Å². The Morgan fingerprint density at radius 1 is 0.592 bits per heavy atom. The summed E-state index contributed by atoms with van der Waals surface area (Å²) in [6.07, 6.45) is 0.366. The van der Waals surface area contributed by atoms with Crippen LogP contribution < -0.4 is 25.5 Å². The molecule has 15 heteroatoms. The topological polar surface area (TPSA) is 229 Å². The summed E-state index contributed by atoms with van der Waals surface area (Å²) in [5.41, 5.74) is 1.48. The van der Waals surface area contributed by atoms with Crippen LogP contribution in [0.2, 0.25) is 0 Å². The number of aliphatic carboxylic acids is 5. The van der Waals surface area contributed by atoms with Crippen molar-refractivity contribution in [1.29, 1.82) is 0 Å². The van der Waals surface area contributed by atoms with Gasteiger partial charge in [-0.2, -0.15) is 0 Å². The van der Waals surface area contributed by atoms with E-state index in [1.54, 1.807) is 74.5 Å². The first-order chi connectivity index (χ1) is 23.3. The second-order valence-electron chi connectivity index (χ2n) is 11.5. The average molecular weight is 685 g/mol. The van der Waals surface area contributed by atoms with Crippen molar-refractivity contribution in [2.24, 2.45) is 5.92 Å². The summed E-state index contributed by atoms with van der Waals surface area (Å²) in [4.78, 5) is 63.3. The van der Waals surface area contributed by atoms with E-state index < -0.39 is 80.2 Å². The van der Waals surface area contributed by atoms with Crippen molar-refractivity contribution in [3.63, 3.8) is 0 Å². The van der Waals surface area contributed by atoms with E-state index in [1.165, 1.54) is 4.90 Å². The summed E-state index contributed by atoms with van der Waals surface area (Å²) < 4.78 is 11.1. The van der Waals surface area contributed by atoms with Gasteiger partial charge < -0.3 is 59.0 Å². The largest absolute Gasteiger partial charge is 0.549 e. The van der Waals surface area contributed by atoms with Crippen LogP contribution in [0.1, 0.15) is 31.4 Å². The van der Waals surface area contributed by atoms with E-state index in [2.05, 4.69) is 0 Å². The van der Waals surface area contributed by atoms with Gasteiger partial charge in [-0.3, -0.25) is 14.7 Å². The molecule has 0 aliphatic carbocycles. The van der Waals surface area contributed by atoms with E-state index in [4.69, 9.17) is 9.47 Å². The zero-order valence-corrected chi connectivity index (χ0v) is 27.6. The SMILES string of the molecule is CC[C@H](C)[C@@H](C(=O)[O-])N(CCN(CC(=O)[O-])[C@H](COCc1ccccc1)C(=O)[O-])CCN(CC(=O)[O-])[C@H](COCc1ccccc1)C(=O)[O-]. The van der Waals surface area contributed by atoms with Gasteiger partial charge in [0.15, 0.2) is 0 Å². The van der Waals surface area contributed by atoms with Gasteiger partial charge in [-0.15, -0.1) is 0 Å². The highest BCUT2D eigenvalue weighted by atomic mass is 16.5. The Morgan fingerprint density at radius 2 is 0.959 bits per heavy atom. The van der Waals surface area contributed by atoms with Crippen LogP contribution in [0.15, 0.2) is 60.7 Å². The van der Waals surface area contributed by atoms with Crippen molar-refractivity contribution in [2.45, 2.75) is 51.6 Å². The lowest BCUT2D eigenvalue weighted by Gasteiger charge is -2.41. The van der Waals surface area contributed by atoms with E-state index in [1.807, 2.05) is 0 Å². The summed E-state index contributed by atoms with van der Waals surface area (Å²) in [5, 5.41) is 59.9. The Morgan fingerprint density at radius 3 is 1.27 bits per heavy atom. The standard InChI is InChI=1S/C34H47N3O12/c1-3-24(2)31(34(46)47)35(14-16-36(18-29(38)39)27(32(42)43)22-48-20-25-10-6-4-7-11-25)15-17-37(19-30(40)41)28(33(44)45)23-49-21-26-12-8-5-9-13-26/h4-13,24,27-28,31H,3,14-23H2,1-2H3,(H,38,39)(H,40,41)(H,42,43)(H,44,45)(H,46,47)/p-5/t24-,27+,28+,31-/m0/s1. The van der Waals surface area contributed by atoms with E-state index >= 15 is 0 Å². The van der Waals surface area contributed by atoms with Gasteiger partial charge in [0.2, 0.25) is 0 Å². The molecule has 0 unspecified atom stereocenters. The molecule has 4 atom stereocenters. The summed E-state index contributed by atoms with van der Waals surface area (Å²) in [6, 6.07) is 13.2. The van der Waals surface area contributed by atoms with Crippen LogP contribution >= 0.6 is 0 Å². The van der Waals surface area contributed by atoms with Gasteiger partial charge in [-0.05, 0) is 17.0 Å². The van der Waals surface area contributed by atoms with Crippen molar-refractivity contribution in [3.05, 3.63) is 71.8 Å². The monoisotopic (exact) mass is 684 g/mol. The molecule has 0 aromatic heterocycles. The molecule has 15 nitrogen and oxygen atoms in total. The predicted octanol–water partition coefficient (Wildman–Crippen LogP) is -4.77. The minimum absolute atomic E-state index is 0.0274. The number of hydrogen-bond acceptors (Lipinski definition) is 15. The fourth-order valence-corrected chi connectivity index (χ4v) is 5.26. The van der Waals surface area contributed by atoms with Crippen LogP contribution in [0.5, 0.6) is 0 Å². The molecule has 0 saturated carbocycles. The summed E-state index contributed by atoms with van der Waals surface area (Å²) in [6.45, 7) is -0.380. The molecule has 0 aliphatic rings. The molecule has 0 heterocycles. The molecular formula is C34H42N3O12-5. The van der Waals surface area contributed by atoms with Gasteiger partial charge in [0.05, 0.1) is 74.4 Å².